The summed E-state index contributed by atoms with van der Waals surface area (Å²) in [7, 11) is -3.73. The fraction of sp³-hybridized carbons (Fsp3) is 0.818. The third kappa shape index (κ3) is 4.73. The van der Waals surface area contributed by atoms with Crippen LogP contribution in [0.2, 0.25) is 0 Å². The van der Waals surface area contributed by atoms with Crippen molar-refractivity contribution in [1.82, 2.24) is 19.3 Å². The van der Waals surface area contributed by atoms with Crippen molar-refractivity contribution in [2.75, 3.05) is 39.3 Å². The molecule has 3 aliphatic rings. The maximum Gasteiger partial charge on any atom is 0.248 e. The van der Waals surface area contributed by atoms with Gasteiger partial charge in [0.1, 0.15) is 10.6 Å². The van der Waals surface area contributed by atoms with Crippen LogP contribution in [0.4, 0.5) is 0 Å². The van der Waals surface area contributed by atoms with Crippen molar-refractivity contribution in [3.8, 4) is 0 Å². The molecule has 180 valence electrons. The zero-order chi connectivity index (χ0) is 23.0. The van der Waals surface area contributed by atoms with Crippen LogP contribution >= 0.6 is 0 Å². The molecule has 0 saturated carbocycles. The molecule has 0 N–H and O–H groups in total. The van der Waals surface area contributed by atoms with Crippen LogP contribution in [0.5, 0.6) is 0 Å². The molecule has 10 heteroatoms. The molecule has 0 radical (unpaired) electrons. The summed E-state index contributed by atoms with van der Waals surface area (Å²) >= 11 is 0. The van der Waals surface area contributed by atoms with Crippen molar-refractivity contribution in [3.05, 3.63) is 11.5 Å². The molecule has 0 aromatic carbocycles. The normalized spacial score (nSPS) is 30.7. The number of aromatic nitrogens is 1. The van der Waals surface area contributed by atoms with Gasteiger partial charge in [0.2, 0.25) is 15.9 Å². The number of morpholine rings is 1. The number of likely N-dealkylation sites (tertiary alicyclic amines) is 1. The van der Waals surface area contributed by atoms with Gasteiger partial charge in [0, 0.05) is 45.3 Å². The van der Waals surface area contributed by atoms with E-state index in [1.165, 1.54) is 4.31 Å². The first-order chi connectivity index (χ1) is 15.2. The number of hydrogen-bond donors (Lipinski definition) is 0. The predicted molar refractivity (Wildman–Crippen MR) is 119 cm³/mol. The third-order valence-electron chi connectivity index (χ3n) is 6.92. The molecule has 4 rings (SSSR count). The van der Waals surface area contributed by atoms with Gasteiger partial charge in [-0.05, 0) is 53.4 Å². The Morgan fingerprint density at radius 2 is 1.75 bits per heavy atom. The highest BCUT2D eigenvalue weighted by Crippen LogP contribution is 2.30. The van der Waals surface area contributed by atoms with Crippen LogP contribution in [-0.2, 0) is 19.6 Å². The fourth-order valence-electron chi connectivity index (χ4n) is 5.62. The number of piperidine rings is 1. The molecule has 3 aliphatic heterocycles. The minimum absolute atomic E-state index is 0.0977. The summed E-state index contributed by atoms with van der Waals surface area (Å²) in [6.07, 6.45) is 3.80. The van der Waals surface area contributed by atoms with Crippen molar-refractivity contribution in [1.29, 1.82) is 0 Å². The summed E-state index contributed by atoms with van der Waals surface area (Å²) < 4.78 is 38.9. The Labute approximate surface area is 191 Å². The lowest BCUT2D eigenvalue weighted by Gasteiger charge is -2.39. The van der Waals surface area contributed by atoms with Crippen LogP contribution in [-0.4, -0.2) is 91.1 Å². The number of carbonyl (C=O) groups is 1. The molecule has 32 heavy (non-hydrogen) atoms. The van der Waals surface area contributed by atoms with Crippen LogP contribution in [0, 0.1) is 19.8 Å². The third-order valence-corrected chi connectivity index (χ3v) is 9.03. The highest BCUT2D eigenvalue weighted by Gasteiger charge is 2.40. The lowest BCUT2D eigenvalue weighted by molar-refractivity contribution is -0.138. The number of amides is 1. The monoisotopic (exact) mass is 468 g/mol. The number of rotatable bonds is 5. The van der Waals surface area contributed by atoms with Gasteiger partial charge in [-0.25, -0.2) is 8.42 Å². The molecule has 3 saturated heterocycles. The Balaban J connectivity index is 1.43. The summed E-state index contributed by atoms with van der Waals surface area (Å²) in [6, 6.07) is 0.189. The van der Waals surface area contributed by atoms with Gasteiger partial charge in [-0.15, -0.1) is 0 Å². The van der Waals surface area contributed by atoms with Gasteiger partial charge in [-0.3, -0.25) is 9.69 Å². The Morgan fingerprint density at radius 3 is 2.41 bits per heavy atom. The number of sulfonamides is 1. The molecule has 0 unspecified atom stereocenters. The van der Waals surface area contributed by atoms with Gasteiger partial charge in [0.05, 0.1) is 18.1 Å². The van der Waals surface area contributed by atoms with Gasteiger partial charge in [-0.2, -0.15) is 4.31 Å². The first-order valence-corrected chi connectivity index (χ1v) is 13.2. The maximum absolute atomic E-state index is 13.5. The highest BCUT2D eigenvalue weighted by atomic mass is 32.2. The highest BCUT2D eigenvalue weighted by molar-refractivity contribution is 7.89. The summed E-state index contributed by atoms with van der Waals surface area (Å²) in [4.78, 5) is 18.1. The Hall–Kier alpha value is -1.49. The molecule has 3 fully saturated rings. The number of carbonyl (C=O) groups excluding carboxylic acids is 1. The average Bonchev–Trinajstić information content (AvgIpc) is 3.33. The molecule has 1 aromatic rings. The van der Waals surface area contributed by atoms with E-state index in [1.807, 2.05) is 4.90 Å². The predicted octanol–water partition coefficient (Wildman–Crippen LogP) is 1.79. The fourth-order valence-corrected chi connectivity index (χ4v) is 7.43. The van der Waals surface area contributed by atoms with Crippen molar-refractivity contribution in [2.24, 2.45) is 5.92 Å². The SMILES string of the molecule is Cc1noc(C)c1S(=O)(=O)N1CCC[C@H](C(=O)N2CCC[C@@H]2CN2C[C@H](C)O[C@@H](C)C2)C1. The van der Waals surface area contributed by atoms with Crippen LogP contribution in [0.15, 0.2) is 9.42 Å². The number of aryl methyl sites for hydroxylation is 2. The second kappa shape index (κ2) is 9.40. The van der Waals surface area contributed by atoms with Crippen molar-refractivity contribution in [3.63, 3.8) is 0 Å². The zero-order valence-electron chi connectivity index (χ0n) is 19.6. The van der Waals surface area contributed by atoms with Gasteiger partial charge in [-0.1, -0.05) is 5.16 Å². The lowest BCUT2D eigenvalue weighted by Crippen LogP contribution is -2.53. The molecule has 0 spiro atoms. The first-order valence-electron chi connectivity index (χ1n) is 11.8. The topological polar surface area (TPSA) is 96.2 Å². The van der Waals surface area contributed by atoms with Gasteiger partial charge >= 0.3 is 0 Å². The average molecular weight is 469 g/mol. The van der Waals surface area contributed by atoms with Crippen LogP contribution in [0.1, 0.15) is 51.0 Å². The molecular formula is C22H36N4O5S. The lowest BCUT2D eigenvalue weighted by atomic mass is 9.97. The second-order valence-electron chi connectivity index (χ2n) is 9.66. The number of nitrogens with zero attached hydrogens (tertiary/aromatic N) is 4. The molecule has 0 aliphatic carbocycles. The minimum Gasteiger partial charge on any atom is -0.373 e. The molecule has 4 atom stereocenters. The van der Waals surface area contributed by atoms with E-state index in [0.29, 0.717) is 24.4 Å². The van der Waals surface area contributed by atoms with E-state index >= 15 is 0 Å². The van der Waals surface area contributed by atoms with E-state index in [9.17, 15) is 13.2 Å². The van der Waals surface area contributed by atoms with Crippen LogP contribution < -0.4 is 0 Å². The van der Waals surface area contributed by atoms with E-state index < -0.39 is 10.0 Å². The molecule has 0 bridgehead atoms. The van der Waals surface area contributed by atoms with E-state index in [-0.39, 0.29) is 41.5 Å². The first kappa shape index (κ1) is 23.7. The Morgan fingerprint density at radius 1 is 1.06 bits per heavy atom. The number of ether oxygens (including phenoxy) is 1. The summed E-state index contributed by atoms with van der Waals surface area (Å²) in [5.41, 5.74) is 0.365. The largest absolute Gasteiger partial charge is 0.373 e. The minimum atomic E-state index is -3.73. The summed E-state index contributed by atoms with van der Waals surface area (Å²) in [5, 5.41) is 3.80. The second-order valence-corrected chi connectivity index (χ2v) is 11.5. The molecule has 1 amide bonds. The molecule has 4 heterocycles. The summed E-state index contributed by atoms with van der Waals surface area (Å²) in [5.74, 6) is 0.0900. The van der Waals surface area contributed by atoms with E-state index in [0.717, 1.165) is 45.4 Å². The van der Waals surface area contributed by atoms with E-state index in [4.69, 9.17) is 9.26 Å². The number of hydrogen-bond acceptors (Lipinski definition) is 7. The van der Waals surface area contributed by atoms with Crippen molar-refractivity contribution < 1.29 is 22.5 Å². The Bertz CT molecular complexity index is 903. The molecule has 1 aromatic heterocycles. The molecule has 9 nitrogen and oxygen atoms in total. The van der Waals surface area contributed by atoms with Gasteiger partial charge in [0.15, 0.2) is 5.76 Å². The smallest absolute Gasteiger partial charge is 0.248 e. The van der Waals surface area contributed by atoms with Gasteiger partial charge in [0.25, 0.3) is 0 Å². The maximum atomic E-state index is 13.5. The summed E-state index contributed by atoms with van der Waals surface area (Å²) in [6.45, 7) is 11.5. The van der Waals surface area contributed by atoms with Crippen molar-refractivity contribution >= 4 is 15.9 Å². The zero-order valence-corrected chi connectivity index (χ0v) is 20.4. The molecular weight excluding hydrogens is 432 g/mol. The standard InChI is InChI=1S/C22H36N4O5S/c1-15-11-24(12-16(2)30-15)14-20-8-6-10-26(20)22(27)19-7-5-9-25(13-19)32(28,29)21-17(3)23-31-18(21)4/h15-16,19-20H,5-14H2,1-4H3/t15-,16-,19-,20+/m0/s1. The Kier molecular flexibility index (Phi) is 6.95. The quantitative estimate of drug-likeness (QED) is 0.650. The van der Waals surface area contributed by atoms with Crippen LogP contribution in [0.3, 0.4) is 0 Å². The van der Waals surface area contributed by atoms with Gasteiger partial charge < -0.3 is 14.2 Å². The van der Waals surface area contributed by atoms with E-state index in [1.54, 1.807) is 13.8 Å². The van der Waals surface area contributed by atoms with Crippen LogP contribution in [0.25, 0.3) is 0 Å². The van der Waals surface area contributed by atoms with Crippen molar-refractivity contribution in [2.45, 2.75) is 76.5 Å². The van der Waals surface area contributed by atoms with E-state index in [2.05, 4.69) is 23.9 Å².